The summed E-state index contributed by atoms with van der Waals surface area (Å²) >= 11 is 0. The summed E-state index contributed by atoms with van der Waals surface area (Å²) in [6, 6.07) is 1.01. The molecule has 1 heterocycles. The topological polar surface area (TPSA) is 31.0 Å². The molecular formula is C7H18O3Si. The van der Waals surface area contributed by atoms with Crippen LogP contribution in [0, 0.1) is 0 Å². The van der Waals surface area contributed by atoms with E-state index in [1.807, 2.05) is 6.55 Å². The van der Waals surface area contributed by atoms with Crippen LogP contribution in [0.4, 0.5) is 0 Å². The van der Waals surface area contributed by atoms with Crippen molar-refractivity contribution in [3.63, 3.8) is 0 Å². The molecule has 1 aliphatic heterocycles. The van der Waals surface area contributed by atoms with Crippen LogP contribution in [0.25, 0.3) is 0 Å². The Labute approximate surface area is 69.9 Å². The lowest BCUT2D eigenvalue weighted by molar-refractivity contribution is 0.251. The van der Waals surface area contributed by atoms with E-state index in [9.17, 15) is 0 Å². The van der Waals surface area contributed by atoms with Gasteiger partial charge >= 0.3 is 8.56 Å². The first-order valence-electron chi connectivity index (χ1n) is 3.86. The van der Waals surface area contributed by atoms with Gasteiger partial charge in [0, 0.05) is 14.2 Å². The molecule has 0 aliphatic carbocycles. The van der Waals surface area contributed by atoms with Crippen LogP contribution in [-0.4, -0.2) is 36.0 Å². The number of hydrogen-bond donors (Lipinski definition) is 0. The first-order valence-corrected chi connectivity index (χ1v) is 6.39. The first kappa shape index (κ1) is 11.1. The van der Waals surface area contributed by atoms with E-state index in [4.69, 9.17) is 8.85 Å². The Bertz CT molecular complexity index is 80.7. The monoisotopic (exact) mass is 178 g/mol. The minimum atomic E-state index is -1.67. The number of epoxide rings is 1. The van der Waals surface area contributed by atoms with Crippen LogP contribution in [0.3, 0.4) is 0 Å². The summed E-state index contributed by atoms with van der Waals surface area (Å²) in [6.45, 7) is 6.13. The smallest absolute Gasteiger partial charge is 0.334 e. The van der Waals surface area contributed by atoms with Gasteiger partial charge in [-0.25, -0.2) is 0 Å². The van der Waals surface area contributed by atoms with Crippen LogP contribution >= 0.6 is 0 Å². The van der Waals surface area contributed by atoms with Gasteiger partial charge in [-0.05, 0) is 12.6 Å². The molecule has 1 fully saturated rings. The van der Waals surface area contributed by atoms with Crippen molar-refractivity contribution in [1.82, 2.24) is 0 Å². The average molecular weight is 178 g/mol. The van der Waals surface area contributed by atoms with Crippen molar-refractivity contribution in [2.24, 2.45) is 0 Å². The molecule has 0 amide bonds. The molecule has 0 radical (unpaired) electrons. The lowest BCUT2D eigenvalue weighted by Crippen LogP contribution is -2.34. The van der Waals surface area contributed by atoms with Gasteiger partial charge < -0.3 is 13.6 Å². The number of rotatable bonds is 3. The number of ether oxygens (including phenoxy) is 1. The van der Waals surface area contributed by atoms with Gasteiger partial charge in [0.05, 0.1) is 13.2 Å². The minimum absolute atomic E-state index is 1.00. The van der Waals surface area contributed by atoms with Gasteiger partial charge in [-0.1, -0.05) is 6.92 Å². The van der Waals surface area contributed by atoms with E-state index in [-0.39, 0.29) is 0 Å². The van der Waals surface area contributed by atoms with E-state index in [1.165, 1.54) is 0 Å². The third kappa shape index (κ3) is 6.49. The van der Waals surface area contributed by atoms with Crippen LogP contribution in [-0.2, 0) is 13.6 Å². The predicted molar refractivity (Wildman–Crippen MR) is 46.9 cm³/mol. The highest BCUT2D eigenvalue weighted by Crippen LogP contribution is 2.08. The highest BCUT2D eigenvalue weighted by atomic mass is 28.4. The van der Waals surface area contributed by atoms with Gasteiger partial charge in [-0.3, -0.25) is 0 Å². The van der Waals surface area contributed by atoms with Crippen molar-refractivity contribution in [2.75, 3.05) is 27.4 Å². The van der Waals surface area contributed by atoms with Gasteiger partial charge in [0.2, 0.25) is 0 Å². The second-order valence-corrected chi connectivity index (χ2v) is 6.30. The molecular weight excluding hydrogens is 160 g/mol. The highest BCUT2D eigenvalue weighted by Gasteiger charge is 2.24. The maximum atomic E-state index is 5.15. The third-order valence-corrected chi connectivity index (χ3v) is 4.72. The summed E-state index contributed by atoms with van der Waals surface area (Å²) in [4.78, 5) is 0. The van der Waals surface area contributed by atoms with Crippen molar-refractivity contribution in [3.05, 3.63) is 0 Å². The first-order chi connectivity index (χ1) is 5.18. The Hall–Kier alpha value is 0.0969. The summed E-state index contributed by atoms with van der Waals surface area (Å²) in [7, 11) is 1.74. The van der Waals surface area contributed by atoms with Crippen LogP contribution in [0.2, 0.25) is 12.6 Å². The Morgan fingerprint density at radius 3 is 1.64 bits per heavy atom. The largest absolute Gasteiger partial charge is 0.398 e. The summed E-state index contributed by atoms with van der Waals surface area (Å²) in [6.07, 6.45) is 0. The molecule has 0 aromatic rings. The van der Waals surface area contributed by atoms with Crippen LogP contribution in [0.15, 0.2) is 0 Å². The molecule has 1 rings (SSSR count). The molecule has 68 valence electrons. The molecule has 1 aliphatic rings. The molecule has 0 unspecified atom stereocenters. The van der Waals surface area contributed by atoms with Crippen molar-refractivity contribution >= 4 is 8.56 Å². The van der Waals surface area contributed by atoms with Crippen molar-refractivity contribution in [1.29, 1.82) is 0 Å². The van der Waals surface area contributed by atoms with E-state index < -0.39 is 8.56 Å². The fraction of sp³-hybridized carbons (Fsp3) is 1.00. The second-order valence-electron chi connectivity index (χ2n) is 2.51. The van der Waals surface area contributed by atoms with Crippen molar-refractivity contribution < 1.29 is 13.6 Å². The van der Waals surface area contributed by atoms with Gasteiger partial charge in [0.25, 0.3) is 0 Å². The van der Waals surface area contributed by atoms with Gasteiger partial charge in [-0.2, -0.15) is 0 Å². The van der Waals surface area contributed by atoms with Crippen molar-refractivity contribution in [2.45, 2.75) is 19.5 Å². The van der Waals surface area contributed by atoms with E-state index in [1.54, 1.807) is 14.2 Å². The highest BCUT2D eigenvalue weighted by molar-refractivity contribution is 6.65. The zero-order chi connectivity index (χ0) is 8.74. The fourth-order valence-corrected chi connectivity index (χ4v) is 1.12. The zero-order valence-corrected chi connectivity index (χ0v) is 8.85. The Balaban J connectivity index is 0.000000271. The molecule has 0 saturated carbocycles. The van der Waals surface area contributed by atoms with E-state index in [0.29, 0.717) is 0 Å². The van der Waals surface area contributed by atoms with Crippen LogP contribution in [0.5, 0.6) is 0 Å². The lowest BCUT2D eigenvalue weighted by atomic mass is 11.0. The molecule has 0 aromatic carbocycles. The summed E-state index contributed by atoms with van der Waals surface area (Å²) in [5.74, 6) is 0. The molecule has 0 bridgehead atoms. The SMILES string of the molecule is C1CO1.CC[Si](C)(OC)OC. The Morgan fingerprint density at radius 2 is 1.64 bits per heavy atom. The zero-order valence-electron chi connectivity index (χ0n) is 7.85. The summed E-state index contributed by atoms with van der Waals surface area (Å²) < 4.78 is 14.8. The summed E-state index contributed by atoms with van der Waals surface area (Å²) in [5, 5.41) is 0. The molecule has 11 heavy (non-hydrogen) atoms. The molecule has 0 atom stereocenters. The Morgan fingerprint density at radius 1 is 1.27 bits per heavy atom. The summed E-state index contributed by atoms with van der Waals surface area (Å²) in [5.41, 5.74) is 0. The Kier molecular flexibility index (Phi) is 5.76. The van der Waals surface area contributed by atoms with Gasteiger partial charge in [-0.15, -0.1) is 0 Å². The lowest BCUT2D eigenvalue weighted by Gasteiger charge is -2.19. The normalized spacial score (nSPS) is 15.3. The third-order valence-electron chi connectivity index (χ3n) is 1.71. The average Bonchev–Trinajstić information content (AvgIpc) is 2.89. The minimum Gasteiger partial charge on any atom is -0.398 e. The maximum Gasteiger partial charge on any atom is 0.334 e. The van der Waals surface area contributed by atoms with Gasteiger partial charge in [0.1, 0.15) is 0 Å². The standard InChI is InChI=1S/C5H14O2Si.C2H4O/c1-5-8(4,6-2)7-3;1-2-3-1/h5H2,1-4H3;1-2H2. The van der Waals surface area contributed by atoms with E-state index >= 15 is 0 Å². The molecule has 4 heteroatoms. The number of hydrogen-bond acceptors (Lipinski definition) is 3. The quantitative estimate of drug-likeness (QED) is 0.483. The molecule has 0 spiro atoms. The predicted octanol–water partition coefficient (Wildman–Crippen LogP) is 1.39. The molecule has 0 N–H and O–H groups in total. The fourth-order valence-electron chi connectivity index (χ4n) is 0.372. The van der Waals surface area contributed by atoms with E-state index in [0.717, 1.165) is 19.3 Å². The maximum absolute atomic E-state index is 5.15. The van der Waals surface area contributed by atoms with Crippen LogP contribution in [0.1, 0.15) is 6.92 Å². The van der Waals surface area contributed by atoms with Crippen molar-refractivity contribution in [3.8, 4) is 0 Å². The molecule has 0 aromatic heterocycles. The van der Waals surface area contributed by atoms with E-state index in [2.05, 4.69) is 11.7 Å². The second kappa shape index (κ2) is 5.71. The molecule has 3 nitrogen and oxygen atoms in total. The van der Waals surface area contributed by atoms with Crippen LogP contribution < -0.4 is 0 Å². The molecule has 1 saturated heterocycles. The van der Waals surface area contributed by atoms with Gasteiger partial charge in [0.15, 0.2) is 0 Å².